The molecule has 1 atom stereocenters. The first-order chi connectivity index (χ1) is 15.8. The summed E-state index contributed by atoms with van der Waals surface area (Å²) in [6.45, 7) is 0. The topological polar surface area (TPSA) is 68.5 Å². The van der Waals surface area contributed by atoms with Crippen molar-refractivity contribution >= 4 is 16.7 Å². The number of hydrogen-bond donors (Lipinski definition) is 2. The van der Waals surface area contributed by atoms with E-state index in [2.05, 4.69) is 15.3 Å². The average Bonchev–Trinajstić information content (AvgIpc) is 2.85. The second-order valence-corrected chi connectivity index (χ2v) is 7.42. The van der Waals surface area contributed by atoms with E-state index in [4.69, 9.17) is 4.74 Å². The lowest BCUT2D eigenvalue weighted by atomic mass is 9.96. The number of aromatic hydroxyl groups is 1. The largest absolute Gasteiger partial charge is 0.505 e. The van der Waals surface area contributed by atoms with Gasteiger partial charge >= 0.3 is 0 Å². The first-order valence-corrected chi connectivity index (χ1v) is 10.4. The van der Waals surface area contributed by atoms with Crippen LogP contribution in [0.15, 0.2) is 109 Å². The first kappa shape index (κ1) is 19.6. The van der Waals surface area contributed by atoms with Gasteiger partial charge in [0.1, 0.15) is 28.8 Å². The van der Waals surface area contributed by atoms with E-state index in [9.17, 15) is 5.11 Å². The van der Waals surface area contributed by atoms with Crippen molar-refractivity contribution in [1.82, 2.24) is 4.98 Å². The van der Waals surface area contributed by atoms with Crippen LogP contribution >= 0.6 is 0 Å². The van der Waals surface area contributed by atoms with Crippen molar-refractivity contribution < 1.29 is 14.8 Å². The lowest BCUT2D eigenvalue weighted by molar-refractivity contribution is -0.361. The van der Waals surface area contributed by atoms with Crippen molar-refractivity contribution in [2.24, 2.45) is 0 Å². The normalized spacial score (nSPS) is 11.8. The van der Waals surface area contributed by atoms with E-state index in [1.807, 2.05) is 103 Å². The highest BCUT2D eigenvalue weighted by atomic mass is 16.5. The molecule has 156 valence electrons. The Morgan fingerprint density at radius 2 is 1.66 bits per heavy atom. The smallest absolute Gasteiger partial charge is 0.272 e. The number of hydrogen-bond acceptors (Lipinski definition) is 4. The van der Waals surface area contributed by atoms with E-state index in [0.717, 1.165) is 33.8 Å². The van der Waals surface area contributed by atoms with Gasteiger partial charge in [0.25, 0.3) is 5.82 Å². The molecule has 5 aromatic rings. The van der Waals surface area contributed by atoms with Gasteiger partial charge in [-0.3, -0.25) is 10.3 Å². The Kier molecular flexibility index (Phi) is 5.37. The van der Waals surface area contributed by atoms with Crippen LogP contribution in [-0.4, -0.2) is 10.1 Å². The molecule has 5 heteroatoms. The minimum atomic E-state index is -0.334. The Balaban J connectivity index is 1.58. The lowest BCUT2D eigenvalue weighted by Gasteiger charge is -2.18. The number of nitrogens with zero attached hydrogens (tertiary/aromatic N) is 1. The molecule has 0 aliphatic rings. The van der Waals surface area contributed by atoms with Crippen molar-refractivity contribution in [2.45, 2.75) is 6.04 Å². The molecule has 5 nitrogen and oxygen atoms in total. The Labute approximate surface area is 186 Å². The third-order valence-corrected chi connectivity index (χ3v) is 5.27. The quantitative estimate of drug-likeness (QED) is 0.367. The van der Waals surface area contributed by atoms with Crippen LogP contribution in [0.5, 0.6) is 17.2 Å². The van der Waals surface area contributed by atoms with Gasteiger partial charge in [-0.15, -0.1) is 0 Å². The maximum Gasteiger partial charge on any atom is 0.272 e. The summed E-state index contributed by atoms with van der Waals surface area (Å²) in [4.78, 5) is 7.60. The van der Waals surface area contributed by atoms with Crippen LogP contribution < -0.4 is 15.0 Å². The second-order valence-electron chi connectivity index (χ2n) is 7.42. The molecule has 32 heavy (non-hydrogen) atoms. The van der Waals surface area contributed by atoms with Gasteiger partial charge in [-0.1, -0.05) is 48.5 Å². The van der Waals surface area contributed by atoms with Gasteiger partial charge < -0.3 is 9.84 Å². The predicted octanol–water partition coefficient (Wildman–Crippen LogP) is 5.75. The highest BCUT2D eigenvalue weighted by Gasteiger charge is 2.24. The first-order valence-electron chi connectivity index (χ1n) is 10.4. The summed E-state index contributed by atoms with van der Waals surface area (Å²) >= 11 is 0. The molecule has 2 aromatic heterocycles. The van der Waals surface area contributed by atoms with Gasteiger partial charge in [-0.05, 0) is 42.5 Å². The van der Waals surface area contributed by atoms with Crippen molar-refractivity contribution in [2.75, 3.05) is 5.32 Å². The van der Waals surface area contributed by atoms with Crippen molar-refractivity contribution in [3.63, 3.8) is 0 Å². The van der Waals surface area contributed by atoms with E-state index >= 15 is 0 Å². The maximum absolute atomic E-state index is 11.1. The standard InChI is InChI=1S/C27H21N3O2/c31-27-23(15-14-19-9-7-17-29-26(19)27)25(30-24-13-4-5-16-28-24)20-8-6-12-22(18-20)32-21-10-2-1-3-11-21/h1-18,25,31H,(H,28,30)/p+1/t25-/m1/s1. The number of anilines is 1. The summed E-state index contributed by atoms with van der Waals surface area (Å²) in [6, 6.07) is 30.7. The average molecular weight is 420 g/mol. The van der Waals surface area contributed by atoms with Crippen LogP contribution in [0.25, 0.3) is 10.9 Å². The fraction of sp³-hybridized carbons (Fsp3) is 0.0370. The second kappa shape index (κ2) is 8.78. The summed E-state index contributed by atoms with van der Waals surface area (Å²) in [7, 11) is 0. The third kappa shape index (κ3) is 4.09. The molecule has 0 fully saturated rings. The summed E-state index contributed by atoms with van der Waals surface area (Å²) in [5.74, 6) is 2.47. The molecule has 0 aliphatic heterocycles. The van der Waals surface area contributed by atoms with Crippen LogP contribution in [0.2, 0.25) is 0 Å². The summed E-state index contributed by atoms with van der Waals surface area (Å²) in [5.41, 5.74) is 2.25. The molecule has 0 saturated heterocycles. The van der Waals surface area contributed by atoms with Gasteiger partial charge in [-0.2, -0.15) is 0 Å². The molecule has 3 aromatic carbocycles. The Morgan fingerprint density at radius 1 is 0.812 bits per heavy atom. The van der Waals surface area contributed by atoms with E-state index in [1.165, 1.54) is 0 Å². The number of pyridine rings is 2. The number of H-pyrrole nitrogens is 1. The Bertz CT molecular complexity index is 1340. The molecule has 0 amide bonds. The SMILES string of the molecule is Oc1c([C@H](Nc2cccc[nH+]2)c2cccc(Oc3ccccc3)c2)ccc2cccnc12. The van der Waals surface area contributed by atoms with Gasteiger partial charge in [0.05, 0.1) is 6.20 Å². The van der Waals surface area contributed by atoms with Crippen LogP contribution in [0.3, 0.4) is 0 Å². The zero-order valence-corrected chi connectivity index (χ0v) is 17.3. The van der Waals surface area contributed by atoms with Gasteiger partial charge in [0, 0.05) is 28.8 Å². The van der Waals surface area contributed by atoms with Crippen LogP contribution in [0.1, 0.15) is 17.2 Å². The monoisotopic (exact) mass is 420 g/mol. The van der Waals surface area contributed by atoms with Crippen molar-refractivity contribution in [3.8, 4) is 17.2 Å². The van der Waals surface area contributed by atoms with E-state index in [1.54, 1.807) is 6.20 Å². The zero-order valence-electron chi connectivity index (χ0n) is 17.3. The number of phenols is 1. The van der Waals surface area contributed by atoms with E-state index in [0.29, 0.717) is 5.52 Å². The van der Waals surface area contributed by atoms with E-state index in [-0.39, 0.29) is 11.8 Å². The fourth-order valence-corrected chi connectivity index (χ4v) is 3.74. The maximum atomic E-state index is 11.1. The molecular weight excluding hydrogens is 398 g/mol. The molecule has 0 bridgehead atoms. The third-order valence-electron chi connectivity index (χ3n) is 5.27. The zero-order chi connectivity index (χ0) is 21.8. The molecule has 0 aliphatic carbocycles. The fourth-order valence-electron chi connectivity index (χ4n) is 3.74. The van der Waals surface area contributed by atoms with Gasteiger partial charge in [-0.25, -0.2) is 4.98 Å². The minimum absolute atomic E-state index is 0.158. The van der Waals surface area contributed by atoms with Crippen LogP contribution in [-0.2, 0) is 0 Å². The van der Waals surface area contributed by atoms with Crippen molar-refractivity contribution in [1.29, 1.82) is 0 Å². The number of aromatic nitrogens is 2. The molecule has 0 unspecified atom stereocenters. The number of para-hydroxylation sites is 1. The number of fused-ring (bicyclic) bond motifs is 1. The van der Waals surface area contributed by atoms with Crippen molar-refractivity contribution in [3.05, 3.63) is 121 Å². The predicted molar refractivity (Wildman–Crippen MR) is 125 cm³/mol. The molecule has 3 N–H and O–H groups in total. The van der Waals surface area contributed by atoms with E-state index < -0.39 is 0 Å². The lowest BCUT2D eigenvalue weighted by Crippen LogP contribution is -2.19. The van der Waals surface area contributed by atoms with Crippen LogP contribution in [0.4, 0.5) is 5.82 Å². The molecule has 5 rings (SSSR count). The Hall–Kier alpha value is -4.38. The highest BCUT2D eigenvalue weighted by Crippen LogP contribution is 2.37. The number of nitrogens with one attached hydrogen (secondary N) is 2. The number of ether oxygens (including phenoxy) is 1. The number of aromatic amines is 1. The van der Waals surface area contributed by atoms with Crippen LogP contribution in [0, 0.1) is 0 Å². The molecular formula is C27H22N3O2+. The Morgan fingerprint density at radius 3 is 2.50 bits per heavy atom. The molecule has 0 radical (unpaired) electrons. The highest BCUT2D eigenvalue weighted by molar-refractivity contribution is 5.86. The summed E-state index contributed by atoms with van der Waals surface area (Å²) < 4.78 is 6.05. The number of rotatable bonds is 6. The van der Waals surface area contributed by atoms with Gasteiger partial charge in [0.15, 0.2) is 0 Å². The molecule has 0 spiro atoms. The molecule has 2 heterocycles. The molecule has 0 saturated carbocycles. The number of phenolic OH excluding ortho intramolecular Hbond substituents is 1. The summed E-state index contributed by atoms with van der Waals surface area (Å²) in [5, 5.41) is 15.5. The number of benzene rings is 3. The summed E-state index contributed by atoms with van der Waals surface area (Å²) in [6.07, 6.45) is 3.55. The minimum Gasteiger partial charge on any atom is -0.505 e. The van der Waals surface area contributed by atoms with Gasteiger partial charge in [0.2, 0.25) is 0 Å².